The highest BCUT2D eigenvalue weighted by atomic mass is 31.2. The Balaban J connectivity index is 2.84. The van der Waals surface area contributed by atoms with Crippen molar-refractivity contribution < 1.29 is 24.0 Å². The summed E-state index contributed by atoms with van der Waals surface area (Å²) in [4.78, 5) is 26.9. The van der Waals surface area contributed by atoms with Crippen LogP contribution in [-0.2, 0) is 4.57 Å². The molecule has 0 bridgehead atoms. The third kappa shape index (κ3) is 3.67. The summed E-state index contributed by atoms with van der Waals surface area (Å²) in [6, 6.07) is 5.02. The van der Waals surface area contributed by atoms with Gasteiger partial charge in [-0.15, -0.1) is 0 Å². The van der Waals surface area contributed by atoms with Gasteiger partial charge in [0.05, 0.1) is 10.2 Å². The van der Waals surface area contributed by atoms with Crippen LogP contribution in [0.3, 0.4) is 0 Å². The summed E-state index contributed by atoms with van der Waals surface area (Å²) in [5, 5.41) is 9.75. The molecule has 0 saturated carbocycles. The Morgan fingerprint density at radius 3 is 2.67 bits per heavy atom. The smallest absolute Gasteiger partial charge is 0.356 e. The van der Waals surface area contributed by atoms with Gasteiger partial charge in [0.1, 0.15) is 5.75 Å². The van der Waals surface area contributed by atoms with Crippen molar-refractivity contribution in [3.63, 3.8) is 0 Å². The molecule has 2 N–H and O–H groups in total. The maximum atomic E-state index is 10.8. The molecule has 0 aromatic heterocycles. The van der Waals surface area contributed by atoms with Crippen molar-refractivity contribution in [3.05, 3.63) is 34.4 Å². The molecule has 0 aliphatic heterocycles. The lowest BCUT2D eigenvalue weighted by Crippen LogP contribution is -2.10. The van der Waals surface area contributed by atoms with Gasteiger partial charge in [-0.25, -0.2) is 0 Å². The number of nitrogens with zero attached hydrogens (tertiary/aromatic N) is 1. The first kappa shape index (κ1) is 11.6. The molecule has 0 spiro atoms. The van der Waals surface area contributed by atoms with Gasteiger partial charge < -0.3 is 14.5 Å². The molecule has 0 unspecified atom stereocenters. The lowest BCUT2D eigenvalue weighted by atomic mass is 10.3. The molecular weight excluding hydrogens is 225 g/mol. The third-order valence-corrected chi connectivity index (χ3v) is 2.44. The molecule has 0 atom stereocenters. The van der Waals surface area contributed by atoms with E-state index in [1.807, 2.05) is 0 Å². The van der Waals surface area contributed by atoms with Gasteiger partial charge in [0.15, 0.2) is 0 Å². The first-order chi connectivity index (χ1) is 6.89. The van der Waals surface area contributed by atoms with E-state index in [9.17, 15) is 14.7 Å². The van der Waals surface area contributed by atoms with Gasteiger partial charge in [-0.2, -0.15) is 0 Å². The number of hydrogen-bond donors (Lipinski definition) is 2. The summed E-state index contributed by atoms with van der Waals surface area (Å²) in [6.45, 7) is -0.745. The van der Waals surface area contributed by atoms with Crippen molar-refractivity contribution in [2.75, 3.05) is 6.73 Å². The average molecular weight is 233 g/mol. The van der Waals surface area contributed by atoms with Crippen LogP contribution < -0.4 is 10.0 Å². The van der Waals surface area contributed by atoms with Crippen molar-refractivity contribution in [3.8, 4) is 5.75 Å². The normalized spacial score (nSPS) is 11.1. The van der Waals surface area contributed by atoms with Gasteiger partial charge in [0.25, 0.3) is 0 Å². The topological polar surface area (TPSA) is 110 Å². The molecule has 82 valence electrons. The van der Waals surface area contributed by atoms with Crippen LogP contribution in [0.2, 0.25) is 0 Å². The fourth-order valence-corrected chi connectivity index (χ4v) is 1.46. The zero-order chi connectivity index (χ0) is 11.5. The molecule has 0 aliphatic rings. The molecule has 1 aromatic rings. The van der Waals surface area contributed by atoms with Gasteiger partial charge in [0.2, 0.25) is 0 Å². The predicted octanol–water partition coefficient (Wildman–Crippen LogP) is 0.103. The lowest BCUT2D eigenvalue weighted by Gasteiger charge is -2.05. The third-order valence-electron chi connectivity index (χ3n) is 1.49. The zero-order valence-electron chi connectivity index (χ0n) is 7.44. The summed E-state index contributed by atoms with van der Waals surface area (Å²) >= 11 is 0. The average Bonchev–Trinajstić information content (AvgIpc) is 2.14. The minimum absolute atomic E-state index is 0.0486. The van der Waals surface area contributed by atoms with E-state index >= 15 is 0 Å². The first-order valence-corrected chi connectivity index (χ1v) is 5.41. The molecule has 1 rings (SSSR count). The molecular formula is C7H8NO6P. The highest BCUT2D eigenvalue weighted by molar-refractivity contribution is 7.60. The summed E-state index contributed by atoms with van der Waals surface area (Å²) in [7, 11) is -4.34. The van der Waals surface area contributed by atoms with Crippen molar-refractivity contribution in [2.45, 2.75) is 0 Å². The Kier molecular flexibility index (Phi) is 3.41. The van der Waals surface area contributed by atoms with Gasteiger partial charge >= 0.3 is 14.3 Å². The Morgan fingerprint density at radius 1 is 1.47 bits per heavy atom. The molecule has 1 aromatic carbocycles. The molecule has 0 heterocycles. The van der Waals surface area contributed by atoms with E-state index < -0.39 is 19.2 Å². The zero-order valence-corrected chi connectivity index (χ0v) is 8.33. The van der Waals surface area contributed by atoms with Crippen LogP contribution in [0.25, 0.3) is 0 Å². The largest absolute Gasteiger partial charge is 0.432 e. The summed E-state index contributed by atoms with van der Waals surface area (Å²) < 4.78 is 15.5. The maximum absolute atomic E-state index is 10.8. The van der Waals surface area contributed by atoms with E-state index in [1.165, 1.54) is 18.2 Å². The van der Waals surface area contributed by atoms with Gasteiger partial charge in [0, 0.05) is 0 Å². The quantitative estimate of drug-likeness (QED) is 0.330. The van der Waals surface area contributed by atoms with Crippen molar-refractivity contribution in [1.29, 1.82) is 0 Å². The second-order valence-corrected chi connectivity index (χ2v) is 4.25. The second kappa shape index (κ2) is 4.39. The van der Waals surface area contributed by atoms with Crippen LogP contribution in [0.4, 0.5) is 0 Å². The minimum atomic E-state index is -4.34. The van der Waals surface area contributed by atoms with E-state index in [1.54, 1.807) is 0 Å². The van der Waals surface area contributed by atoms with E-state index in [-0.39, 0.29) is 11.1 Å². The fourth-order valence-electron chi connectivity index (χ4n) is 0.882. The molecule has 0 fully saturated rings. The van der Waals surface area contributed by atoms with Crippen LogP contribution >= 0.6 is 7.60 Å². The Morgan fingerprint density at radius 2 is 2.13 bits per heavy atom. The summed E-state index contributed by atoms with van der Waals surface area (Å²) in [5.41, 5.74) is 0. The van der Waals surface area contributed by atoms with E-state index in [4.69, 9.17) is 9.79 Å². The maximum Gasteiger partial charge on any atom is 0.356 e. The van der Waals surface area contributed by atoms with Crippen LogP contribution in [0, 0.1) is 10.1 Å². The first-order valence-electron chi connectivity index (χ1n) is 3.80. The standard InChI is InChI=1S/C7H8NO6P/c9-8(10)5-14-6-2-1-3-7(4-6)15(11,12)13/h1-4H,5H2,(H2,11,12,13). The number of nitro groups is 1. The Labute approximate surface area is 84.6 Å². The molecule has 0 saturated heterocycles. The molecule has 0 amide bonds. The predicted molar refractivity (Wildman–Crippen MR) is 50.6 cm³/mol. The highest BCUT2D eigenvalue weighted by Crippen LogP contribution is 2.33. The van der Waals surface area contributed by atoms with Crippen LogP contribution in [0.5, 0.6) is 5.75 Å². The van der Waals surface area contributed by atoms with E-state index in [0.29, 0.717) is 0 Å². The number of rotatable bonds is 4. The minimum Gasteiger partial charge on any atom is -0.432 e. The number of benzene rings is 1. The van der Waals surface area contributed by atoms with Crippen LogP contribution in [0.1, 0.15) is 0 Å². The van der Waals surface area contributed by atoms with Crippen LogP contribution in [0.15, 0.2) is 24.3 Å². The SMILES string of the molecule is O=[N+]([O-])COc1cccc(P(=O)(O)O)c1. The van der Waals surface area contributed by atoms with Crippen molar-refractivity contribution in [2.24, 2.45) is 0 Å². The molecule has 0 radical (unpaired) electrons. The highest BCUT2D eigenvalue weighted by Gasteiger charge is 2.17. The lowest BCUT2D eigenvalue weighted by molar-refractivity contribution is -0.514. The van der Waals surface area contributed by atoms with E-state index in [2.05, 4.69) is 4.74 Å². The Bertz CT molecular complexity index is 414. The number of ether oxygens (including phenoxy) is 1. The van der Waals surface area contributed by atoms with E-state index in [0.717, 1.165) is 6.07 Å². The van der Waals surface area contributed by atoms with Crippen LogP contribution in [-0.4, -0.2) is 21.4 Å². The second-order valence-electron chi connectivity index (χ2n) is 2.65. The monoisotopic (exact) mass is 233 g/mol. The van der Waals surface area contributed by atoms with Gasteiger partial charge in [-0.3, -0.25) is 14.7 Å². The molecule has 15 heavy (non-hydrogen) atoms. The molecule has 7 nitrogen and oxygen atoms in total. The molecule has 8 heteroatoms. The van der Waals surface area contributed by atoms with Crippen molar-refractivity contribution in [1.82, 2.24) is 0 Å². The fraction of sp³-hybridized carbons (Fsp3) is 0.143. The number of hydrogen-bond acceptors (Lipinski definition) is 4. The van der Waals surface area contributed by atoms with Crippen molar-refractivity contribution >= 4 is 12.9 Å². The summed E-state index contributed by atoms with van der Waals surface area (Å²) in [6.07, 6.45) is 0. The van der Waals surface area contributed by atoms with Gasteiger partial charge in [-0.05, 0) is 18.2 Å². The molecule has 0 aliphatic carbocycles. The van der Waals surface area contributed by atoms with Gasteiger partial charge in [-0.1, -0.05) is 6.07 Å². The summed E-state index contributed by atoms with van der Waals surface area (Å²) in [5.74, 6) is 0.0486. The Hall–Kier alpha value is -1.43.